The molecule has 1 heterocycles. The first-order valence-electron chi connectivity index (χ1n) is 7.30. The van der Waals surface area contributed by atoms with Gasteiger partial charge in [0.1, 0.15) is 17.3 Å². The van der Waals surface area contributed by atoms with Gasteiger partial charge in [0, 0.05) is 5.56 Å². The molecule has 1 aliphatic heterocycles. The fraction of sp³-hybridized carbons (Fsp3) is 0.111. The van der Waals surface area contributed by atoms with E-state index < -0.39 is 17.8 Å². The van der Waals surface area contributed by atoms with E-state index >= 15 is 0 Å². The van der Waals surface area contributed by atoms with E-state index in [0.29, 0.717) is 5.75 Å². The number of carbonyl (C=O) groups excluding carboxylic acids is 2. The van der Waals surface area contributed by atoms with Crippen LogP contribution in [0.15, 0.2) is 54.2 Å². The standard InChI is InChI=1S/C18H15FN2O3/c1-24-14-8-6-12(7-9-14)10-16-17(22)21(18(23)20-16)11-13-4-2-3-5-15(13)19/h2-10H,11H2,1H3,(H,20,23). The van der Waals surface area contributed by atoms with Gasteiger partial charge in [0.15, 0.2) is 0 Å². The molecule has 1 fully saturated rings. The molecule has 0 atom stereocenters. The molecule has 1 N–H and O–H groups in total. The van der Waals surface area contributed by atoms with E-state index in [0.717, 1.165) is 10.5 Å². The third-order valence-electron chi connectivity index (χ3n) is 3.68. The lowest BCUT2D eigenvalue weighted by Gasteiger charge is -2.12. The highest BCUT2D eigenvalue weighted by molar-refractivity contribution is 6.13. The Morgan fingerprint density at radius 1 is 1.12 bits per heavy atom. The number of halogens is 1. The van der Waals surface area contributed by atoms with E-state index in [-0.39, 0.29) is 17.8 Å². The number of amides is 3. The summed E-state index contributed by atoms with van der Waals surface area (Å²) in [4.78, 5) is 25.4. The Kier molecular flexibility index (Phi) is 4.29. The average Bonchev–Trinajstić information content (AvgIpc) is 2.85. The number of urea groups is 1. The molecule has 2 aromatic rings. The molecule has 0 saturated carbocycles. The number of benzene rings is 2. The second-order valence-corrected chi connectivity index (χ2v) is 5.24. The number of hydrogen-bond donors (Lipinski definition) is 1. The lowest BCUT2D eigenvalue weighted by molar-refractivity contribution is -0.123. The summed E-state index contributed by atoms with van der Waals surface area (Å²) < 4.78 is 18.8. The summed E-state index contributed by atoms with van der Waals surface area (Å²) in [5.74, 6) is -0.245. The maximum Gasteiger partial charge on any atom is 0.329 e. The molecule has 0 aromatic heterocycles. The number of carbonyl (C=O) groups is 2. The Morgan fingerprint density at radius 3 is 2.50 bits per heavy atom. The van der Waals surface area contributed by atoms with E-state index in [1.807, 2.05) is 0 Å². The third kappa shape index (κ3) is 3.12. The molecule has 2 aromatic carbocycles. The molecule has 0 aliphatic carbocycles. The second kappa shape index (κ2) is 6.54. The van der Waals surface area contributed by atoms with Gasteiger partial charge in [-0.3, -0.25) is 9.69 Å². The predicted molar refractivity (Wildman–Crippen MR) is 86.5 cm³/mol. The quantitative estimate of drug-likeness (QED) is 0.694. The van der Waals surface area contributed by atoms with Crippen molar-refractivity contribution in [1.82, 2.24) is 10.2 Å². The van der Waals surface area contributed by atoms with Crippen LogP contribution in [0, 0.1) is 5.82 Å². The highest BCUT2D eigenvalue weighted by atomic mass is 19.1. The van der Waals surface area contributed by atoms with Crippen molar-refractivity contribution in [2.75, 3.05) is 7.11 Å². The minimum Gasteiger partial charge on any atom is -0.497 e. The van der Waals surface area contributed by atoms with E-state index in [4.69, 9.17) is 4.74 Å². The number of imide groups is 1. The molecule has 122 valence electrons. The van der Waals surface area contributed by atoms with Crippen molar-refractivity contribution in [1.29, 1.82) is 0 Å². The van der Waals surface area contributed by atoms with Gasteiger partial charge in [0.2, 0.25) is 0 Å². The average molecular weight is 326 g/mol. The van der Waals surface area contributed by atoms with Crippen molar-refractivity contribution in [2.45, 2.75) is 6.54 Å². The molecule has 3 rings (SSSR count). The lowest BCUT2D eigenvalue weighted by Crippen LogP contribution is -2.30. The molecule has 6 heteroatoms. The monoisotopic (exact) mass is 326 g/mol. The van der Waals surface area contributed by atoms with E-state index in [1.54, 1.807) is 55.7 Å². The molecule has 0 bridgehead atoms. The fourth-order valence-electron chi connectivity index (χ4n) is 2.38. The number of nitrogens with one attached hydrogen (secondary N) is 1. The van der Waals surface area contributed by atoms with Crippen LogP contribution in [-0.2, 0) is 11.3 Å². The van der Waals surface area contributed by atoms with Gasteiger partial charge in [0.05, 0.1) is 13.7 Å². The van der Waals surface area contributed by atoms with Crippen LogP contribution in [-0.4, -0.2) is 23.9 Å². The van der Waals surface area contributed by atoms with Crippen LogP contribution >= 0.6 is 0 Å². The Hall–Kier alpha value is -3.15. The summed E-state index contributed by atoms with van der Waals surface area (Å²) in [5.41, 5.74) is 1.18. The van der Waals surface area contributed by atoms with Gasteiger partial charge in [-0.1, -0.05) is 30.3 Å². The molecule has 1 aliphatic rings. The van der Waals surface area contributed by atoms with E-state index in [2.05, 4.69) is 5.32 Å². The maximum atomic E-state index is 13.7. The van der Waals surface area contributed by atoms with Gasteiger partial charge in [-0.05, 0) is 29.8 Å². The van der Waals surface area contributed by atoms with E-state index in [1.165, 1.54) is 6.07 Å². The highest BCUT2D eigenvalue weighted by Gasteiger charge is 2.33. The van der Waals surface area contributed by atoms with Crippen LogP contribution in [0.3, 0.4) is 0 Å². The topological polar surface area (TPSA) is 58.6 Å². The van der Waals surface area contributed by atoms with Crippen LogP contribution in [0.25, 0.3) is 6.08 Å². The minimum atomic E-state index is -0.567. The Balaban J connectivity index is 1.80. The van der Waals surface area contributed by atoms with Gasteiger partial charge in [-0.15, -0.1) is 0 Å². The zero-order valence-corrected chi connectivity index (χ0v) is 13.0. The third-order valence-corrected chi connectivity index (χ3v) is 3.68. The largest absolute Gasteiger partial charge is 0.497 e. The van der Waals surface area contributed by atoms with Gasteiger partial charge in [-0.2, -0.15) is 0 Å². The molecule has 1 saturated heterocycles. The summed E-state index contributed by atoms with van der Waals surface area (Å²) >= 11 is 0. The van der Waals surface area contributed by atoms with Gasteiger partial charge in [-0.25, -0.2) is 9.18 Å². The van der Waals surface area contributed by atoms with Crippen molar-refractivity contribution in [3.05, 3.63) is 71.2 Å². The van der Waals surface area contributed by atoms with Gasteiger partial charge >= 0.3 is 6.03 Å². The molecule has 3 amide bonds. The smallest absolute Gasteiger partial charge is 0.329 e. The van der Waals surface area contributed by atoms with Gasteiger partial charge in [0.25, 0.3) is 5.91 Å². The Morgan fingerprint density at radius 2 is 1.83 bits per heavy atom. The Labute approximate surface area is 138 Å². The maximum absolute atomic E-state index is 13.7. The summed E-state index contributed by atoms with van der Waals surface area (Å²) in [6.07, 6.45) is 1.57. The van der Waals surface area contributed by atoms with Crippen LogP contribution in [0.1, 0.15) is 11.1 Å². The molecule has 0 unspecified atom stereocenters. The van der Waals surface area contributed by atoms with Crippen LogP contribution in [0.5, 0.6) is 5.75 Å². The van der Waals surface area contributed by atoms with Crippen molar-refractivity contribution < 1.29 is 18.7 Å². The predicted octanol–water partition coefficient (Wildman–Crippen LogP) is 2.93. The minimum absolute atomic E-state index is 0.114. The van der Waals surface area contributed by atoms with Crippen molar-refractivity contribution in [3.8, 4) is 5.75 Å². The molecule has 5 nitrogen and oxygen atoms in total. The summed E-state index contributed by atoms with van der Waals surface area (Å²) in [7, 11) is 1.56. The van der Waals surface area contributed by atoms with Crippen LogP contribution < -0.4 is 10.1 Å². The van der Waals surface area contributed by atoms with E-state index in [9.17, 15) is 14.0 Å². The number of methoxy groups -OCH3 is 1. The first-order chi connectivity index (χ1) is 11.6. The fourth-order valence-corrected chi connectivity index (χ4v) is 2.38. The Bertz CT molecular complexity index is 815. The van der Waals surface area contributed by atoms with Crippen molar-refractivity contribution in [3.63, 3.8) is 0 Å². The molecule has 24 heavy (non-hydrogen) atoms. The summed E-state index contributed by atoms with van der Waals surface area (Å²) in [5, 5.41) is 2.52. The SMILES string of the molecule is COc1ccc(C=C2NC(=O)N(Cc3ccccc3F)C2=O)cc1. The number of nitrogens with zero attached hydrogens (tertiary/aromatic N) is 1. The van der Waals surface area contributed by atoms with Crippen LogP contribution in [0.4, 0.5) is 9.18 Å². The first kappa shape index (κ1) is 15.7. The van der Waals surface area contributed by atoms with Crippen molar-refractivity contribution in [2.24, 2.45) is 0 Å². The summed E-state index contributed by atoms with van der Waals surface area (Å²) in [6, 6.07) is 12.5. The number of ether oxygens (including phenoxy) is 1. The second-order valence-electron chi connectivity index (χ2n) is 5.24. The normalized spacial score (nSPS) is 15.8. The van der Waals surface area contributed by atoms with Crippen molar-refractivity contribution >= 4 is 18.0 Å². The van der Waals surface area contributed by atoms with Gasteiger partial charge < -0.3 is 10.1 Å². The zero-order valence-electron chi connectivity index (χ0n) is 13.0. The number of rotatable bonds is 4. The molecule has 0 radical (unpaired) electrons. The highest BCUT2D eigenvalue weighted by Crippen LogP contribution is 2.19. The summed E-state index contributed by atoms with van der Waals surface area (Å²) in [6.45, 7) is -0.114. The number of hydrogen-bond acceptors (Lipinski definition) is 3. The zero-order chi connectivity index (χ0) is 17.1. The lowest BCUT2D eigenvalue weighted by atomic mass is 10.1. The van der Waals surface area contributed by atoms with Crippen LogP contribution in [0.2, 0.25) is 0 Å². The molecular formula is C18H15FN2O3. The first-order valence-corrected chi connectivity index (χ1v) is 7.30. The molecule has 0 spiro atoms. The molecular weight excluding hydrogens is 311 g/mol.